The predicted octanol–water partition coefficient (Wildman–Crippen LogP) is 3.30. The van der Waals surface area contributed by atoms with E-state index in [0.717, 1.165) is 62.1 Å². The van der Waals surface area contributed by atoms with Crippen LogP contribution >= 0.6 is 0 Å². The molecule has 2 aliphatic heterocycles. The molecule has 3 fully saturated rings. The predicted molar refractivity (Wildman–Crippen MR) is 109 cm³/mol. The zero-order valence-electron chi connectivity index (χ0n) is 17.6. The summed E-state index contributed by atoms with van der Waals surface area (Å²) in [4.78, 5) is 29.7. The van der Waals surface area contributed by atoms with Crippen molar-refractivity contribution in [2.24, 2.45) is 5.92 Å². The number of imide groups is 1. The van der Waals surface area contributed by atoms with Crippen LogP contribution in [0, 0.1) is 5.92 Å². The molecule has 0 unspecified atom stereocenters. The van der Waals surface area contributed by atoms with E-state index in [1.165, 1.54) is 4.90 Å². The molecule has 1 saturated carbocycles. The standard InChI is InChI=1S/C22H31N3O4/c1-15-7-4-5-11-22(15)20(26)25(21(27)23-22)14-24-12-6-8-18(24)17-13-16(28-2)9-10-19(17)29-3/h9-10,13,15,18H,4-8,11-12,14H2,1-3H3,(H,23,27)/t15-,18+,22+/m0/s1. The maximum absolute atomic E-state index is 13.3. The van der Waals surface area contributed by atoms with Crippen LogP contribution in [-0.2, 0) is 4.79 Å². The average molecular weight is 402 g/mol. The first-order chi connectivity index (χ1) is 14.0. The molecule has 3 atom stereocenters. The van der Waals surface area contributed by atoms with Crippen LogP contribution in [0.25, 0.3) is 0 Å². The number of methoxy groups -OCH3 is 2. The fourth-order valence-electron chi connectivity index (χ4n) is 5.25. The summed E-state index contributed by atoms with van der Waals surface area (Å²) in [5.41, 5.74) is 0.329. The Morgan fingerprint density at radius 2 is 1.97 bits per heavy atom. The lowest BCUT2D eigenvalue weighted by molar-refractivity contribution is -0.135. The Morgan fingerprint density at radius 1 is 1.14 bits per heavy atom. The number of urea groups is 1. The summed E-state index contributed by atoms with van der Waals surface area (Å²) < 4.78 is 11.0. The van der Waals surface area contributed by atoms with Crippen molar-refractivity contribution in [3.8, 4) is 11.5 Å². The highest BCUT2D eigenvalue weighted by Crippen LogP contribution is 2.41. The summed E-state index contributed by atoms with van der Waals surface area (Å²) >= 11 is 0. The Morgan fingerprint density at radius 3 is 2.69 bits per heavy atom. The van der Waals surface area contributed by atoms with Gasteiger partial charge in [-0.05, 0) is 49.8 Å². The summed E-state index contributed by atoms with van der Waals surface area (Å²) in [5.74, 6) is 1.69. The number of benzene rings is 1. The second kappa shape index (κ2) is 7.86. The third kappa shape index (κ3) is 3.35. The van der Waals surface area contributed by atoms with Gasteiger partial charge in [-0.2, -0.15) is 0 Å². The number of carbonyl (C=O) groups is 2. The highest BCUT2D eigenvalue weighted by Gasteiger charge is 2.55. The summed E-state index contributed by atoms with van der Waals surface area (Å²) in [7, 11) is 3.31. The molecule has 2 heterocycles. The van der Waals surface area contributed by atoms with Gasteiger partial charge in [0.1, 0.15) is 17.0 Å². The maximum Gasteiger partial charge on any atom is 0.326 e. The number of hydrogen-bond acceptors (Lipinski definition) is 5. The normalized spacial score (nSPS) is 30.1. The quantitative estimate of drug-likeness (QED) is 0.767. The van der Waals surface area contributed by atoms with Crippen LogP contribution in [0.3, 0.4) is 0 Å². The first-order valence-electron chi connectivity index (χ1n) is 10.6. The number of rotatable bonds is 5. The molecular formula is C22H31N3O4. The van der Waals surface area contributed by atoms with E-state index >= 15 is 0 Å². The van der Waals surface area contributed by atoms with E-state index in [9.17, 15) is 9.59 Å². The highest BCUT2D eigenvalue weighted by atomic mass is 16.5. The molecular weight excluding hydrogens is 370 g/mol. The van der Waals surface area contributed by atoms with Crippen molar-refractivity contribution in [2.75, 3.05) is 27.4 Å². The van der Waals surface area contributed by atoms with Crippen molar-refractivity contribution in [3.63, 3.8) is 0 Å². The molecule has 3 aliphatic rings. The third-order valence-electron chi connectivity index (χ3n) is 6.98. The lowest BCUT2D eigenvalue weighted by atomic mass is 9.73. The van der Waals surface area contributed by atoms with E-state index in [2.05, 4.69) is 17.1 Å². The van der Waals surface area contributed by atoms with Crippen LogP contribution in [-0.4, -0.2) is 54.7 Å². The van der Waals surface area contributed by atoms with E-state index < -0.39 is 5.54 Å². The molecule has 1 spiro atoms. The molecule has 1 N–H and O–H groups in total. The van der Waals surface area contributed by atoms with Gasteiger partial charge in [-0.1, -0.05) is 19.8 Å². The third-order valence-corrected chi connectivity index (χ3v) is 6.98. The minimum Gasteiger partial charge on any atom is -0.497 e. The van der Waals surface area contributed by atoms with E-state index in [1.54, 1.807) is 14.2 Å². The van der Waals surface area contributed by atoms with Crippen LogP contribution in [0.15, 0.2) is 18.2 Å². The van der Waals surface area contributed by atoms with Gasteiger partial charge >= 0.3 is 6.03 Å². The second-order valence-electron chi connectivity index (χ2n) is 8.50. The van der Waals surface area contributed by atoms with E-state index in [1.807, 2.05) is 18.2 Å². The molecule has 0 aromatic heterocycles. The van der Waals surface area contributed by atoms with Gasteiger partial charge in [-0.15, -0.1) is 0 Å². The van der Waals surface area contributed by atoms with Gasteiger partial charge in [0.15, 0.2) is 0 Å². The molecule has 1 aliphatic carbocycles. The summed E-state index contributed by atoms with van der Waals surface area (Å²) in [6.07, 6.45) is 5.79. The lowest BCUT2D eigenvalue weighted by Gasteiger charge is -2.37. The van der Waals surface area contributed by atoms with Gasteiger partial charge in [0.05, 0.1) is 20.9 Å². The summed E-state index contributed by atoms with van der Waals surface area (Å²) in [6.45, 7) is 3.23. The number of nitrogens with one attached hydrogen (secondary N) is 1. The average Bonchev–Trinajstić information content (AvgIpc) is 3.29. The molecule has 7 heteroatoms. The Balaban J connectivity index is 1.56. The number of hydrogen-bond donors (Lipinski definition) is 1. The molecule has 7 nitrogen and oxygen atoms in total. The molecule has 4 rings (SSSR count). The van der Waals surface area contributed by atoms with E-state index in [4.69, 9.17) is 9.47 Å². The Bertz CT molecular complexity index is 798. The lowest BCUT2D eigenvalue weighted by Crippen LogP contribution is -2.54. The van der Waals surface area contributed by atoms with Crippen LogP contribution < -0.4 is 14.8 Å². The molecule has 158 valence electrons. The largest absolute Gasteiger partial charge is 0.497 e. The van der Waals surface area contributed by atoms with Crippen molar-refractivity contribution >= 4 is 11.9 Å². The maximum atomic E-state index is 13.3. The topological polar surface area (TPSA) is 71.1 Å². The minimum atomic E-state index is -0.710. The van der Waals surface area contributed by atoms with Gasteiger partial charge in [-0.3, -0.25) is 9.69 Å². The Labute approximate surface area is 172 Å². The zero-order chi connectivity index (χ0) is 20.6. The molecule has 3 amide bonds. The molecule has 2 saturated heterocycles. The van der Waals surface area contributed by atoms with Crippen LogP contribution in [0.2, 0.25) is 0 Å². The van der Waals surface area contributed by atoms with Crippen molar-refractivity contribution < 1.29 is 19.1 Å². The molecule has 0 radical (unpaired) electrons. The van der Waals surface area contributed by atoms with Gasteiger partial charge in [-0.25, -0.2) is 9.69 Å². The molecule has 1 aromatic carbocycles. The molecule has 0 bridgehead atoms. The molecule has 1 aromatic rings. The van der Waals surface area contributed by atoms with E-state index in [0.29, 0.717) is 6.67 Å². The van der Waals surface area contributed by atoms with Crippen molar-refractivity contribution in [2.45, 2.75) is 57.0 Å². The van der Waals surface area contributed by atoms with Crippen molar-refractivity contribution in [1.82, 2.24) is 15.1 Å². The monoisotopic (exact) mass is 401 g/mol. The van der Waals surface area contributed by atoms with Gasteiger partial charge in [0, 0.05) is 18.2 Å². The van der Waals surface area contributed by atoms with Gasteiger partial charge in [0.25, 0.3) is 5.91 Å². The van der Waals surface area contributed by atoms with E-state index in [-0.39, 0.29) is 23.9 Å². The zero-order valence-corrected chi connectivity index (χ0v) is 17.6. The second-order valence-corrected chi connectivity index (χ2v) is 8.50. The fraction of sp³-hybridized carbons (Fsp3) is 0.636. The molecule has 29 heavy (non-hydrogen) atoms. The van der Waals surface area contributed by atoms with Crippen LogP contribution in [0.4, 0.5) is 4.79 Å². The van der Waals surface area contributed by atoms with Crippen LogP contribution in [0.1, 0.15) is 57.1 Å². The first kappa shape index (κ1) is 20.0. The van der Waals surface area contributed by atoms with Crippen molar-refractivity contribution in [3.05, 3.63) is 23.8 Å². The number of carbonyl (C=O) groups excluding carboxylic acids is 2. The number of amides is 3. The number of nitrogens with zero attached hydrogens (tertiary/aromatic N) is 2. The fourth-order valence-corrected chi connectivity index (χ4v) is 5.25. The minimum absolute atomic E-state index is 0.0574. The highest BCUT2D eigenvalue weighted by molar-refractivity contribution is 6.07. The number of ether oxygens (including phenoxy) is 2. The van der Waals surface area contributed by atoms with Crippen LogP contribution in [0.5, 0.6) is 11.5 Å². The summed E-state index contributed by atoms with van der Waals surface area (Å²) in [5, 5.41) is 3.05. The first-order valence-corrected chi connectivity index (χ1v) is 10.6. The SMILES string of the molecule is COc1ccc(OC)c([C@H]2CCCN2CN2C(=O)N[C@@]3(CCCC[C@@H]3C)C2=O)c1. The number of likely N-dealkylation sites (tertiary alicyclic amines) is 1. The Hall–Kier alpha value is -2.28. The summed E-state index contributed by atoms with van der Waals surface area (Å²) in [6, 6.07) is 5.62. The van der Waals surface area contributed by atoms with Gasteiger partial charge < -0.3 is 14.8 Å². The smallest absolute Gasteiger partial charge is 0.326 e. The Kier molecular flexibility index (Phi) is 5.42. The van der Waals surface area contributed by atoms with Crippen molar-refractivity contribution in [1.29, 1.82) is 0 Å². The van der Waals surface area contributed by atoms with Gasteiger partial charge in [0.2, 0.25) is 0 Å².